The lowest BCUT2D eigenvalue weighted by Gasteiger charge is -2.31. The van der Waals surface area contributed by atoms with E-state index in [1.807, 2.05) is 17.1 Å². The molecular weight excluding hydrogens is 262 g/mol. The summed E-state index contributed by atoms with van der Waals surface area (Å²) in [6.45, 7) is 8.52. The average molecular weight is 287 g/mol. The monoisotopic (exact) mass is 287 g/mol. The van der Waals surface area contributed by atoms with Crippen LogP contribution in [-0.4, -0.2) is 37.7 Å². The van der Waals surface area contributed by atoms with Crippen molar-refractivity contribution in [1.29, 1.82) is 0 Å². The Hall–Kier alpha value is -1.62. The maximum Gasteiger partial charge on any atom is 0.110 e. The summed E-state index contributed by atoms with van der Waals surface area (Å²) in [7, 11) is 0. The van der Waals surface area contributed by atoms with E-state index in [9.17, 15) is 0 Å². The van der Waals surface area contributed by atoms with Gasteiger partial charge in [-0.3, -0.25) is 9.58 Å². The third kappa shape index (κ3) is 3.53. The lowest BCUT2D eigenvalue weighted by Crippen LogP contribution is -2.34. The first-order chi connectivity index (χ1) is 10.2. The lowest BCUT2D eigenvalue weighted by atomic mass is 9.97. The molecule has 114 valence electrons. The van der Waals surface area contributed by atoms with Crippen molar-refractivity contribution >= 4 is 0 Å². The van der Waals surface area contributed by atoms with Gasteiger partial charge < -0.3 is 4.98 Å². The summed E-state index contributed by atoms with van der Waals surface area (Å²) < 4.78 is 2.05. The zero-order valence-electron chi connectivity index (χ0n) is 13.0. The Bertz CT molecular complexity index is 571. The van der Waals surface area contributed by atoms with Crippen LogP contribution in [0.4, 0.5) is 0 Å². The van der Waals surface area contributed by atoms with Crippen LogP contribution in [0.3, 0.4) is 0 Å². The summed E-state index contributed by atoms with van der Waals surface area (Å²) in [5.74, 6) is 1.69. The van der Waals surface area contributed by atoms with Gasteiger partial charge in [0, 0.05) is 49.2 Å². The minimum atomic E-state index is 0.540. The normalized spacial score (nSPS) is 20.0. The fourth-order valence-corrected chi connectivity index (χ4v) is 3.16. The molecule has 5 heteroatoms. The maximum absolute atomic E-state index is 4.51. The van der Waals surface area contributed by atoms with Gasteiger partial charge in [-0.25, -0.2) is 4.98 Å². The molecule has 0 amide bonds. The SMILES string of the molecule is CCCn1cc(CN2CCC[C@H](c3ncc(C)[nH]3)C2)cn1. The highest BCUT2D eigenvalue weighted by Gasteiger charge is 2.23. The highest BCUT2D eigenvalue weighted by Crippen LogP contribution is 2.25. The van der Waals surface area contributed by atoms with Crippen LogP contribution < -0.4 is 0 Å². The number of hydrogen-bond acceptors (Lipinski definition) is 3. The van der Waals surface area contributed by atoms with Crippen LogP contribution in [0.5, 0.6) is 0 Å². The molecule has 1 aliphatic heterocycles. The predicted molar refractivity (Wildman–Crippen MR) is 83.1 cm³/mol. The van der Waals surface area contributed by atoms with Crippen molar-refractivity contribution in [3.05, 3.63) is 35.7 Å². The van der Waals surface area contributed by atoms with E-state index in [1.54, 1.807) is 0 Å². The minimum Gasteiger partial charge on any atom is -0.346 e. The second-order valence-electron chi connectivity index (χ2n) is 6.14. The van der Waals surface area contributed by atoms with Crippen molar-refractivity contribution in [2.75, 3.05) is 13.1 Å². The van der Waals surface area contributed by atoms with Gasteiger partial charge in [0.1, 0.15) is 5.82 Å². The molecule has 3 rings (SSSR count). The van der Waals surface area contributed by atoms with E-state index in [0.29, 0.717) is 5.92 Å². The van der Waals surface area contributed by atoms with Crippen LogP contribution in [0.25, 0.3) is 0 Å². The first-order valence-corrected chi connectivity index (χ1v) is 7.99. The number of aromatic nitrogens is 4. The number of likely N-dealkylation sites (tertiary alicyclic amines) is 1. The number of imidazole rings is 1. The molecule has 0 spiro atoms. The predicted octanol–water partition coefficient (Wildman–Crippen LogP) is 2.70. The molecule has 0 radical (unpaired) electrons. The van der Waals surface area contributed by atoms with Crippen molar-refractivity contribution < 1.29 is 0 Å². The quantitative estimate of drug-likeness (QED) is 0.920. The Morgan fingerprint density at radius 3 is 3.05 bits per heavy atom. The molecule has 2 aromatic rings. The van der Waals surface area contributed by atoms with Crippen LogP contribution in [0.2, 0.25) is 0 Å². The minimum absolute atomic E-state index is 0.540. The molecule has 0 aliphatic carbocycles. The molecule has 2 aromatic heterocycles. The molecule has 0 bridgehead atoms. The van der Waals surface area contributed by atoms with Gasteiger partial charge >= 0.3 is 0 Å². The third-order valence-electron chi connectivity index (χ3n) is 4.16. The van der Waals surface area contributed by atoms with E-state index >= 15 is 0 Å². The van der Waals surface area contributed by atoms with Crippen LogP contribution >= 0.6 is 0 Å². The van der Waals surface area contributed by atoms with Crippen LogP contribution in [0, 0.1) is 6.92 Å². The molecule has 1 atom stereocenters. The zero-order valence-corrected chi connectivity index (χ0v) is 13.0. The molecule has 5 nitrogen and oxygen atoms in total. The number of rotatable bonds is 5. The molecule has 1 fully saturated rings. The van der Waals surface area contributed by atoms with Crippen molar-refractivity contribution in [2.45, 2.75) is 52.1 Å². The summed E-state index contributed by atoms with van der Waals surface area (Å²) in [6.07, 6.45) is 9.74. The van der Waals surface area contributed by atoms with Crippen LogP contribution in [0.1, 0.15) is 49.2 Å². The first kappa shape index (κ1) is 14.3. The summed E-state index contributed by atoms with van der Waals surface area (Å²) in [5, 5.41) is 4.42. The standard InChI is InChI=1S/C16H25N5/c1-3-6-21-11-14(9-18-21)10-20-7-4-5-15(12-20)16-17-8-13(2)19-16/h8-9,11,15H,3-7,10,12H2,1-2H3,(H,17,19)/t15-/m0/s1. The topological polar surface area (TPSA) is 49.7 Å². The molecule has 1 aliphatic rings. The summed E-state index contributed by atoms with van der Waals surface area (Å²) >= 11 is 0. The number of hydrogen-bond donors (Lipinski definition) is 1. The zero-order chi connectivity index (χ0) is 14.7. The summed E-state index contributed by atoms with van der Waals surface area (Å²) in [4.78, 5) is 10.4. The Balaban J connectivity index is 1.60. The second-order valence-corrected chi connectivity index (χ2v) is 6.14. The Labute approximate surface area is 126 Å². The molecule has 1 N–H and O–H groups in total. The maximum atomic E-state index is 4.51. The number of aromatic amines is 1. The number of aryl methyl sites for hydroxylation is 2. The lowest BCUT2D eigenvalue weighted by molar-refractivity contribution is 0.197. The third-order valence-corrected chi connectivity index (χ3v) is 4.16. The van der Waals surface area contributed by atoms with Gasteiger partial charge in [0.05, 0.1) is 6.20 Å². The Morgan fingerprint density at radius 2 is 2.29 bits per heavy atom. The van der Waals surface area contributed by atoms with Gasteiger partial charge in [0.25, 0.3) is 0 Å². The van der Waals surface area contributed by atoms with Gasteiger partial charge in [0.15, 0.2) is 0 Å². The summed E-state index contributed by atoms with van der Waals surface area (Å²) in [6, 6.07) is 0. The van der Waals surface area contributed by atoms with Gasteiger partial charge in [0.2, 0.25) is 0 Å². The van der Waals surface area contributed by atoms with Crippen molar-refractivity contribution in [2.24, 2.45) is 0 Å². The van der Waals surface area contributed by atoms with Gasteiger partial charge in [-0.1, -0.05) is 6.92 Å². The molecule has 0 unspecified atom stereocenters. The van der Waals surface area contributed by atoms with E-state index in [2.05, 4.69) is 40.0 Å². The van der Waals surface area contributed by atoms with E-state index in [0.717, 1.165) is 37.6 Å². The van der Waals surface area contributed by atoms with E-state index in [1.165, 1.54) is 24.9 Å². The highest BCUT2D eigenvalue weighted by molar-refractivity contribution is 5.08. The van der Waals surface area contributed by atoms with Gasteiger partial charge in [-0.15, -0.1) is 0 Å². The number of nitrogens with one attached hydrogen (secondary N) is 1. The second kappa shape index (κ2) is 6.43. The molecule has 1 saturated heterocycles. The van der Waals surface area contributed by atoms with Crippen molar-refractivity contribution in [1.82, 2.24) is 24.6 Å². The highest BCUT2D eigenvalue weighted by atomic mass is 15.3. The molecule has 3 heterocycles. The van der Waals surface area contributed by atoms with Crippen molar-refractivity contribution in [3.8, 4) is 0 Å². The first-order valence-electron chi connectivity index (χ1n) is 7.99. The van der Waals surface area contributed by atoms with Crippen LogP contribution in [0.15, 0.2) is 18.6 Å². The number of nitrogens with zero attached hydrogens (tertiary/aromatic N) is 4. The van der Waals surface area contributed by atoms with E-state index in [-0.39, 0.29) is 0 Å². The van der Waals surface area contributed by atoms with Crippen molar-refractivity contribution in [3.63, 3.8) is 0 Å². The fraction of sp³-hybridized carbons (Fsp3) is 0.625. The fourth-order valence-electron chi connectivity index (χ4n) is 3.16. The average Bonchev–Trinajstić information content (AvgIpc) is 3.09. The van der Waals surface area contributed by atoms with Crippen LogP contribution in [-0.2, 0) is 13.1 Å². The number of piperidine rings is 1. The Kier molecular flexibility index (Phi) is 4.39. The number of H-pyrrole nitrogens is 1. The van der Waals surface area contributed by atoms with E-state index in [4.69, 9.17) is 0 Å². The Morgan fingerprint density at radius 1 is 1.38 bits per heavy atom. The molecule has 0 aromatic carbocycles. The smallest absolute Gasteiger partial charge is 0.110 e. The largest absolute Gasteiger partial charge is 0.346 e. The molecule has 0 saturated carbocycles. The van der Waals surface area contributed by atoms with Gasteiger partial charge in [-0.05, 0) is 32.7 Å². The van der Waals surface area contributed by atoms with E-state index < -0.39 is 0 Å². The van der Waals surface area contributed by atoms with Gasteiger partial charge in [-0.2, -0.15) is 5.10 Å². The summed E-state index contributed by atoms with van der Waals surface area (Å²) in [5.41, 5.74) is 2.47. The molecular formula is C16H25N5. The molecule has 21 heavy (non-hydrogen) atoms.